The summed E-state index contributed by atoms with van der Waals surface area (Å²) in [6.45, 7) is 6.76. The Bertz CT molecular complexity index is 3520. The van der Waals surface area contributed by atoms with Gasteiger partial charge >= 0.3 is 0 Å². The molecule has 8 aromatic carbocycles. The van der Waals surface area contributed by atoms with Crippen molar-refractivity contribution in [2.75, 3.05) is 11.9 Å². The summed E-state index contributed by atoms with van der Waals surface area (Å²) in [7, 11) is 2.10. The summed E-state index contributed by atoms with van der Waals surface area (Å²) in [4.78, 5) is 17.2. The third kappa shape index (κ3) is 6.14. The number of nitrogens with zero attached hydrogens (tertiary/aromatic N) is 4. The number of furan rings is 1. The number of para-hydroxylation sites is 3. The molecule has 0 unspecified atom stereocenters. The second kappa shape index (κ2) is 15.6. The van der Waals surface area contributed by atoms with E-state index in [2.05, 4.69) is 147 Å². The predicted octanol–water partition coefficient (Wildman–Crippen LogP) is 14.8. The number of hydrogen-bond donors (Lipinski definition) is 0. The first-order valence-electron chi connectivity index (χ1n) is 22.2. The smallest absolute Gasteiger partial charge is 0.167 e. The fourth-order valence-corrected chi connectivity index (χ4v) is 10.1. The number of benzene rings is 8. The van der Waals surface area contributed by atoms with Crippen molar-refractivity contribution in [3.63, 3.8) is 0 Å². The molecule has 0 radical (unpaired) electrons. The maximum atomic E-state index is 6.68. The van der Waals surface area contributed by atoms with Crippen molar-refractivity contribution >= 4 is 38.9 Å². The van der Waals surface area contributed by atoms with E-state index in [9.17, 15) is 0 Å². The molecule has 6 heteroatoms. The van der Waals surface area contributed by atoms with E-state index in [1.165, 1.54) is 22.3 Å². The van der Waals surface area contributed by atoms with Crippen LogP contribution in [0.15, 0.2) is 229 Å². The summed E-state index contributed by atoms with van der Waals surface area (Å²) in [5.74, 6) is 3.49. The van der Waals surface area contributed by atoms with Gasteiger partial charge in [0.2, 0.25) is 0 Å². The standard InChI is InChI=1S/C60H42N4O2/c1-38(33-35-49-39(2)65-55-32-17-15-30-52(55)60(49)50-28-13-10-24-44(50)45-25-11-14-29-51(45)60)43-23-12-16-31-53(43)64(3)42-34-36-54-48(37-42)46-26-18-27-47(56(46)66-54)59-62-57(40-19-6-4-7-20-40)61-58(63-59)41-21-8-5-9-22-41/h4-37H,1H2,2-3H3/b35-33-. The normalized spacial score (nSPS) is 13.5. The van der Waals surface area contributed by atoms with E-state index in [4.69, 9.17) is 24.1 Å². The van der Waals surface area contributed by atoms with E-state index in [1.54, 1.807) is 0 Å². The van der Waals surface area contributed by atoms with E-state index in [-0.39, 0.29) is 0 Å². The fourth-order valence-electron chi connectivity index (χ4n) is 10.1. The van der Waals surface area contributed by atoms with E-state index in [0.29, 0.717) is 17.5 Å². The van der Waals surface area contributed by atoms with Crippen molar-refractivity contribution in [1.29, 1.82) is 0 Å². The lowest BCUT2D eigenvalue weighted by Crippen LogP contribution is -2.33. The molecule has 1 aliphatic heterocycles. The van der Waals surface area contributed by atoms with Crippen molar-refractivity contribution < 1.29 is 9.15 Å². The molecule has 1 spiro atoms. The Kier molecular flexibility index (Phi) is 9.21. The molecule has 0 saturated carbocycles. The van der Waals surface area contributed by atoms with Gasteiger partial charge in [0.05, 0.1) is 11.0 Å². The lowest BCUT2D eigenvalue weighted by atomic mass is 9.65. The Morgan fingerprint density at radius 1 is 0.561 bits per heavy atom. The minimum absolute atomic E-state index is 0.549. The molecule has 314 valence electrons. The van der Waals surface area contributed by atoms with Gasteiger partial charge in [-0.3, -0.25) is 0 Å². The van der Waals surface area contributed by atoms with Crippen LogP contribution in [0, 0.1) is 0 Å². The Labute approximate surface area is 383 Å². The van der Waals surface area contributed by atoms with Crippen molar-refractivity contribution in [3.8, 4) is 51.0 Å². The van der Waals surface area contributed by atoms with Crippen LogP contribution < -0.4 is 9.64 Å². The molecule has 1 aliphatic carbocycles. The van der Waals surface area contributed by atoms with Crippen molar-refractivity contribution in [2.24, 2.45) is 0 Å². The summed E-state index contributed by atoms with van der Waals surface area (Å²) in [5, 5.41) is 1.97. The van der Waals surface area contributed by atoms with Gasteiger partial charge in [0.15, 0.2) is 17.5 Å². The van der Waals surface area contributed by atoms with Crippen LogP contribution in [-0.2, 0) is 5.41 Å². The van der Waals surface area contributed by atoms with Crippen LogP contribution >= 0.6 is 0 Å². The number of hydrogen-bond acceptors (Lipinski definition) is 6. The predicted molar refractivity (Wildman–Crippen MR) is 268 cm³/mol. The number of aromatic nitrogens is 3. The van der Waals surface area contributed by atoms with Gasteiger partial charge in [0, 0.05) is 57.0 Å². The van der Waals surface area contributed by atoms with Crippen LogP contribution in [0.25, 0.3) is 72.8 Å². The number of fused-ring (bicyclic) bond motifs is 10. The highest BCUT2D eigenvalue weighted by molar-refractivity contribution is 6.10. The lowest BCUT2D eigenvalue weighted by Gasteiger charge is -2.39. The fraction of sp³-hybridized carbons (Fsp3) is 0.0500. The van der Waals surface area contributed by atoms with E-state index in [0.717, 1.165) is 83.8 Å². The first-order chi connectivity index (χ1) is 32.5. The molecule has 0 N–H and O–H groups in total. The minimum atomic E-state index is -0.556. The number of ether oxygens (including phenoxy) is 1. The summed E-state index contributed by atoms with van der Waals surface area (Å²) in [6.07, 6.45) is 4.37. The van der Waals surface area contributed by atoms with E-state index >= 15 is 0 Å². The first-order valence-corrected chi connectivity index (χ1v) is 22.2. The Balaban J connectivity index is 0.913. The van der Waals surface area contributed by atoms with Gasteiger partial charge in [0.1, 0.15) is 22.7 Å². The lowest BCUT2D eigenvalue weighted by molar-refractivity contribution is 0.387. The van der Waals surface area contributed by atoms with E-state index in [1.807, 2.05) is 84.9 Å². The van der Waals surface area contributed by atoms with Crippen LogP contribution in [-0.4, -0.2) is 22.0 Å². The molecule has 2 aliphatic rings. The van der Waals surface area contributed by atoms with Crippen molar-refractivity contribution in [2.45, 2.75) is 12.3 Å². The Morgan fingerprint density at radius 3 is 1.83 bits per heavy atom. The van der Waals surface area contributed by atoms with Crippen LogP contribution in [0.3, 0.4) is 0 Å². The molecule has 0 saturated heterocycles. The molecule has 66 heavy (non-hydrogen) atoms. The molecular formula is C60H42N4O2. The molecule has 2 aromatic heterocycles. The van der Waals surface area contributed by atoms with Crippen LogP contribution in [0.2, 0.25) is 0 Å². The molecule has 6 nitrogen and oxygen atoms in total. The minimum Gasteiger partial charge on any atom is -0.461 e. The quantitative estimate of drug-likeness (QED) is 0.142. The van der Waals surface area contributed by atoms with Crippen molar-refractivity contribution in [1.82, 2.24) is 15.0 Å². The summed E-state index contributed by atoms with van der Waals surface area (Å²) < 4.78 is 13.3. The zero-order chi connectivity index (χ0) is 44.4. The second-order valence-electron chi connectivity index (χ2n) is 16.8. The van der Waals surface area contributed by atoms with Gasteiger partial charge in [-0.05, 0) is 71.1 Å². The van der Waals surface area contributed by atoms with Crippen LogP contribution in [0.5, 0.6) is 5.75 Å². The summed E-state index contributed by atoms with van der Waals surface area (Å²) >= 11 is 0. The third-order valence-electron chi connectivity index (χ3n) is 13.2. The molecule has 0 fully saturated rings. The molecular weight excluding hydrogens is 809 g/mol. The molecule has 12 rings (SSSR count). The zero-order valence-corrected chi connectivity index (χ0v) is 36.4. The molecule has 0 bridgehead atoms. The average molecular weight is 851 g/mol. The van der Waals surface area contributed by atoms with Gasteiger partial charge in [0.25, 0.3) is 0 Å². The molecule has 0 amide bonds. The number of rotatable bonds is 8. The highest BCUT2D eigenvalue weighted by atomic mass is 16.5. The van der Waals surface area contributed by atoms with Gasteiger partial charge < -0.3 is 14.1 Å². The SMILES string of the molecule is C=C(/C=C\C1=C(C)Oc2ccccc2C12c1ccccc1-c1ccccc12)c1ccccc1N(C)c1ccc2oc3c(-c4nc(-c5ccccc5)nc(-c5ccccc5)n4)cccc3c2c1. The number of anilines is 2. The molecule has 0 atom stereocenters. The highest BCUT2D eigenvalue weighted by Crippen LogP contribution is 2.60. The highest BCUT2D eigenvalue weighted by Gasteiger charge is 2.50. The first kappa shape index (κ1) is 39.0. The molecule has 10 aromatic rings. The maximum absolute atomic E-state index is 6.68. The number of allylic oxidation sites excluding steroid dienone is 5. The van der Waals surface area contributed by atoms with Crippen LogP contribution in [0.1, 0.15) is 29.2 Å². The van der Waals surface area contributed by atoms with E-state index < -0.39 is 5.41 Å². The largest absolute Gasteiger partial charge is 0.461 e. The molecule has 3 heterocycles. The van der Waals surface area contributed by atoms with Gasteiger partial charge in [-0.15, -0.1) is 0 Å². The van der Waals surface area contributed by atoms with Crippen molar-refractivity contribution in [3.05, 3.63) is 246 Å². The second-order valence-corrected chi connectivity index (χ2v) is 16.8. The van der Waals surface area contributed by atoms with Gasteiger partial charge in [-0.1, -0.05) is 176 Å². The maximum Gasteiger partial charge on any atom is 0.167 e. The average Bonchev–Trinajstić information content (AvgIpc) is 3.90. The zero-order valence-electron chi connectivity index (χ0n) is 36.4. The topological polar surface area (TPSA) is 64.3 Å². The van der Waals surface area contributed by atoms with Crippen LogP contribution in [0.4, 0.5) is 11.4 Å². The third-order valence-corrected chi connectivity index (χ3v) is 13.2. The Morgan fingerprint density at radius 2 is 1.14 bits per heavy atom. The van der Waals surface area contributed by atoms with Gasteiger partial charge in [-0.25, -0.2) is 15.0 Å². The summed E-state index contributed by atoms with van der Waals surface area (Å²) in [6, 6.07) is 67.0. The monoisotopic (exact) mass is 850 g/mol. The van der Waals surface area contributed by atoms with Gasteiger partial charge in [-0.2, -0.15) is 0 Å². The summed E-state index contributed by atoms with van der Waals surface area (Å²) in [5.41, 5.74) is 14.7. The Hall–Kier alpha value is -8.61.